The van der Waals surface area contributed by atoms with Crippen LogP contribution in [0, 0.1) is 0 Å². The Bertz CT molecular complexity index is 56.9. The first kappa shape index (κ1) is 9.31. The maximum absolute atomic E-state index is 9.16. The summed E-state index contributed by atoms with van der Waals surface area (Å²) in [4.78, 5) is 0. The van der Waals surface area contributed by atoms with Crippen molar-refractivity contribution in [3.05, 3.63) is 0 Å². The van der Waals surface area contributed by atoms with Gasteiger partial charge >= 0.3 is 0 Å². The van der Waals surface area contributed by atoms with E-state index >= 15 is 0 Å². The van der Waals surface area contributed by atoms with Gasteiger partial charge in [0.2, 0.25) is 0 Å². The number of hydrogen-bond acceptors (Lipinski definition) is 2. The molecule has 56 valence electrons. The Morgan fingerprint density at radius 2 is 2.11 bits per heavy atom. The van der Waals surface area contributed by atoms with E-state index in [1.807, 2.05) is 0 Å². The average Bonchev–Trinajstić information content (AvgIpc) is 1.85. The van der Waals surface area contributed by atoms with Crippen LogP contribution in [0.4, 0.5) is 0 Å². The van der Waals surface area contributed by atoms with E-state index in [0.29, 0.717) is 0 Å². The van der Waals surface area contributed by atoms with Crippen LogP contribution in [0.25, 0.3) is 0 Å². The first-order valence-electron chi connectivity index (χ1n) is 3.57. The summed E-state index contributed by atoms with van der Waals surface area (Å²) in [5.74, 6) is 2.02. The highest BCUT2D eigenvalue weighted by Gasteiger charge is 1.99. The summed E-state index contributed by atoms with van der Waals surface area (Å²) in [6.45, 7) is 4.21. The molecule has 0 rings (SSSR count). The lowest BCUT2D eigenvalue weighted by Gasteiger charge is -2.05. The normalized spacial score (nSPS) is 13.7. The second-order valence-electron chi connectivity index (χ2n) is 2.10. The molecule has 0 amide bonds. The van der Waals surface area contributed by atoms with E-state index in [4.69, 9.17) is 5.11 Å². The second kappa shape index (κ2) is 6.43. The molecule has 0 aliphatic carbocycles. The van der Waals surface area contributed by atoms with Crippen LogP contribution >= 0.6 is 11.8 Å². The fraction of sp³-hybridized carbons (Fsp3) is 1.00. The predicted molar refractivity (Wildman–Crippen MR) is 43.9 cm³/mol. The Hall–Kier alpha value is 0.310. The van der Waals surface area contributed by atoms with Crippen molar-refractivity contribution < 1.29 is 5.11 Å². The molecule has 0 aliphatic rings. The van der Waals surface area contributed by atoms with E-state index in [1.165, 1.54) is 0 Å². The van der Waals surface area contributed by atoms with Gasteiger partial charge in [-0.3, -0.25) is 0 Å². The molecule has 0 saturated carbocycles. The molecule has 0 radical (unpaired) electrons. The summed E-state index contributed by atoms with van der Waals surface area (Å²) in [7, 11) is 0. The minimum atomic E-state index is -0.0695. The van der Waals surface area contributed by atoms with E-state index in [-0.39, 0.29) is 6.10 Å². The van der Waals surface area contributed by atoms with Crippen molar-refractivity contribution in [1.29, 1.82) is 0 Å². The molecule has 0 bridgehead atoms. The molecule has 1 unspecified atom stereocenters. The summed E-state index contributed by atoms with van der Waals surface area (Å²) in [5, 5.41) is 9.16. The fourth-order valence-electron chi connectivity index (χ4n) is 0.670. The van der Waals surface area contributed by atoms with E-state index in [0.717, 1.165) is 24.3 Å². The lowest BCUT2D eigenvalue weighted by molar-refractivity contribution is 0.188. The van der Waals surface area contributed by atoms with Gasteiger partial charge in [0, 0.05) is 5.75 Å². The highest BCUT2D eigenvalue weighted by atomic mass is 32.2. The third kappa shape index (κ3) is 6.19. The minimum absolute atomic E-state index is 0.0695. The summed E-state index contributed by atoms with van der Waals surface area (Å²) < 4.78 is 0. The molecule has 9 heavy (non-hydrogen) atoms. The average molecular weight is 148 g/mol. The molecule has 0 aliphatic heterocycles. The molecule has 1 atom stereocenters. The highest BCUT2D eigenvalue weighted by molar-refractivity contribution is 7.99. The summed E-state index contributed by atoms with van der Waals surface area (Å²) in [6, 6.07) is 0. The zero-order chi connectivity index (χ0) is 7.11. The third-order valence-electron chi connectivity index (χ3n) is 1.14. The number of thioether (sulfide) groups is 1. The van der Waals surface area contributed by atoms with Crippen molar-refractivity contribution in [2.75, 3.05) is 11.5 Å². The van der Waals surface area contributed by atoms with Crippen LogP contribution in [-0.4, -0.2) is 22.7 Å². The first-order valence-corrected chi connectivity index (χ1v) is 4.72. The Morgan fingerprint density at radius 3 is 2.56 bits per heavy atom. The summed E-state index contributed by atoms with van der Waals surface area (Å²) in [6.07, 6.45) is 1.97. The molecule has 0 aromatic heterocycles. The second-order valence-corrected chi connectivity index (χ2v) is 3.42. The molecule has 0 spiro atoms. The van der Waals surface area contributed by atoms with Gasteiger partial charge in [0.15, 0.2) is 0 Å². The Balaban J connectivity index is 2.95. The van der Waals surface area contributed by atoms with Gasteiger partial charge in [0.25, 0.3) is 0 Å². The molecule has 2 heteroatoms. The maximum Gasteiger partial charge on any atom is 0.0630 e. The van der Waals surface area contributed by atoms with Crippen LogP contribution in [0.5, 0.6) is 0 Å². The smallest absolute Gasteiger partial charge is 0.0630 e. The maximum atomic E-state index is 9.16. The molecule has 0 fully saturated rings. The van der Waals surface area contributed by atoms with Crippen LogP contribution in [0.2, 0.25) is 0 Å². The Labute approximate surface area is 61.8 Å². The quantitative estimate of drug-likeness (QED) is 0.642. The zero-order valence-corrected chi connectivity index (χ0v) is 7.08. The number of hydrogen-bond donors (Lipinski definition) is 1. The SMILES string of the molecule is CCCC(O)CSCC. The highest BCUT2D eigenvalue weighted by Crippen LogP contribution is 2.05. The van der Waals surface area contributed by atoms with Crippen molar-refractivity contribution in [2.24, 2.45) is 0 Å². The van der Waals surface area contributed by atoms with Crippen LogP contribution in [-0.2, 0) is 0 Å². The van der Waals surface area contributed by atoms with E-state index in [9.17, 15) is 0 Å². The number of rotatable bonds is 5. The zero-order valence-electron chi connectivity index (χ0n) is 6.26. The molecular weight excluding hydrogens is 132 g/mol. The molecule has 0 aromatic rings. The summed E-state index contributed by atoms with van der Waals surface area (Å²) in [5.41, 5.74) is 0. The summed E-state index contributed by atoms with van der Waals surface area (Å²) >= 11 is 1.81. The van der Waals surface area contributed by atoms with Gasteiger partial charge < -0.3 is 5.11 Å². The van der Waals surface area contributed by atoms with Crippen molar-refractivity contribution >= 4 is 11.8 Å². The van der Waals surface area contributed by atoms with Gasteiger partial charge in [0.05, 0.1) is 6.10 Å². The van der Waals surface area contributed by atoms with Crippen molar-refractivity contribution in [3.63, 3.8) is 0 Å². The van der Waals surface area contributed by atoms with E-state index in [2.05, 4.69) is 13.8 Å². The van der Waals surface area contributed by atoms with Crippen LogP contribution < -0.4 is 0 Å². The standard InChI is InChI=1S/C7H16OS/c1-3-5-7(8)6-9-4-2/h7-8H,3-6H2,1-2H3. The number of aliphatic hydroxyl groups is 1. The molecule has 0 aromatic carbocycles. The lowest BCUT2D eigenvalue weighted by atomic mass is 10.2. The molecule has 1 N–H and O–H groups in total. The van der Waals surface area contributed by atoms with Gasteiger partial charge in [0.1, 0.15) is 0 Å². The van der Waals surface area contributed by atoms with Crippen LogP contribution in [0.3, 0.4) is 0 Å². The van der Waals surface area contributed by atoms with E-state index < -0.39 is 0 Å². The van der Waals surface area contributed by atoms with Gasteiger partial charge in [-0.2, -0.15) is 11.8 Å². The molecule has 1 nitrogen and oxygen atoms in total. The largest absolute Gasteiger partial charge is 0.392 e. The van der Waals surface area contributed by atoms with Gasteiger partial charge in [-0.25, -0.2) is 0 Å². The fourth-order valence-corrected chi connectivity index (χ4v) is 1.34. The van der Waals surface area contributed by atoms with Gasteiger partial charge in [-0.15, -0.1) is 0 Å². The van der Waals surface area contributed by atoms with Crippen molar-refractivity contribution in [2.45, 2.75) is 32.8 Å². The monoisotopic (exact) mass is 148 g/mol. The molecular formula is C7H16OS. The molecule has 0 heterocycles. The van der Waals surface area contributed by atoms with Crippen molar-refractivity contribution in [3.8, 4) is 0 Å². The number of aliphatic hydroxyl groups excluding tert-OH is 1. The topological polar surface area (TPSA) is 20.2 Å². The third-order valence-corrected chi connectivity index (χ3v) is 2.16. The minimum Gasteiger partial charge on any atom is -0.392 e. The predicted octanol–water partition coefficient (Wildman–Crippen LogP) is 1.90. The van der Waals surface area contributed by atoms with Gasteiger partial charge in [-0.1, -0.05) is 20.3 Å². The van der Waals surface area contributed by atoms with Crippen LogP contribution in [0.1, 0.15) is 26.7 Å². The molecule has 0 saturated heterocycles. The Morgan fingerprint density at radius 1 is 1.44 bits per heavy atom. The lowest BCUT2D eigenvalue weighted by Crippen LogP contribution is -2.08. The first-order chi connectivity index (χ1) is 4.31. The van der Waals surface area contributed by atoms with Crippen molar-refractivity contribution in [1.82, 2.24) is 0 Å². The van der Waals surface area contributed by atoms with Crippen LogP contribution in [0.15, 0.2) is 0 Å². The Kier molecular flexibility index (Phi) is 6.65. The van der Waals surface area contributed by atoms with Gasteiger partial charge in [-0.05, 0) is 12.2 Å². The van der Waals surface area contributed by atoms with E-state index in [1.54, 1.807) is 11.8 Å².